The van der Waals surface area contributed by atoms with Gasteiger partial charge in [0.2, 0.25) is 0 Å². The SMILES string of the molecule is CCOC(=O)CC#C[Si](CC)(CC)CC. The highest BCUT2D eigenvalue weighted by atomic mass is 28.3. The Morgan fingerprint density at radius 3 is 2.07 bits per heavy atom. The third-order valence-electron chi connectivity index (χ3n) is 2.92. The van der Waals surface area contributed by atoms with Crippen molar-refractivity contribution in [2.45, 2.75) is 52.2 Å². The highest BCUT2D eigenvalue weighted by molar-refractivity contribution is 6.87. The van der Waals surface area contributed by atoms with Gasteiger partial charge in [-0.25, -0.2) is 0 Å². The lowest BCUT2D eigenvalue weighted by molar-refractivity contribution is -0.141. The predicted molar refractivity (Wildman–Crippen MR) is 66.2 cm³/mol. The number of rotatable bonds is 5. The van der Waals surface area contributed by atoms with E-state index in [2.05, 4.69) is 32.2 Å². The molecule has 0 rings (SSSR count). The minimum absolute atomic E-state index is 0.198. The van der Waals surface area contributed by atoms with Gasteiger partial charge in [-0.3, -0.25) is 4.79 Å². The first-order valence-corrected chi connectivity index (χ1v) is 8.41. The molecule has 0 saturated carbocycles. The van der Waals surface area contributed by atoms with E-state index in [1.807, 2.05) is 6.92 Å². The summed E-state index contributed by atoms with van der Waals surface area (Å²) in [6.07, 6.45) is 0.253. The summed E-state index contributed by atoms with van der Waals surface area (Å²) in [5, 5.41) is 0. The van der Waals surface area contributed by atoms with Gasteiger partial charge in [0, 0.05) is 0 Å². The molecule has 0 aliphatic carbocycles. The Hall–Kier alpha value is -0.753. The van der Waals surface area contributed by atoms with Crippen LogP contribution in [0, 0.1) is 11.5 Å². The van der Waals surface area contributed by atoms with E-state index in [1.165, 1.54) is 18.1 Å². The first-order valence-electron chi connectivity index (χ1n) is 5.79. The summed E-state index contributed by atoms with van der Waals surface area (Å²) in [6.45, 7) is 8.88. The molecule has 0 aliphatic heterocycles. The molecule has 0 unspecified atom stereocenters. The summed E-state index contributed by atoms with van der Waals surface area (Å²) >= 11 is 0. The molecule has 0 atom stereocenters. The lowest BCUT2D eigenvalue weighted by atomic mass is 10.5. The Balaban J connectivity index is 4.29. The largest absolute Gasteiger partial charge is 0.465 e. The van der Waals surface area contributed by atoms with Crippen molar-refractivity contribution in [2.75, 3.05) is 6.61 Å². The van der Waals surface area contributed by atoms with Crippen LogP contribution in [-0.2, 0) is 9.53 Å². The van der Waals surface area contributed by atoms with Crippen LogP contribution in [-0.4, -0.2) is 20.7 Å². The molecule has 0 aromatic carbocycles. The van der Waals surface area contributed by atoms with Crippen LogP contribution in [0.15, 0.2) is 0 Å². The third-order valence-corrected chi connectivity index (χ3v) is 7.69. The van der Waals surface area contributed by atoms with Crippen molar-refractivity contribution in [3.8, 4) is 11.5 Å². The first kappa shape index (κ1) is 14.2. The molecule has 0 heterocycles. The van der Waals surface area contributed by atoms with Gasteiger partial charge in [0.25, 0.3) is 0 Å². The van der Waals surface area contributed by atoms with Gasteiger partial charge in [-0.1, -0.05) is 26.7 Å². The maximum Gasteiger partial charge on any atom is 0.317 e. The topological polar surface area (TPSA) is 26.3 Å². The molecule has 2 nitrogen and oxygen atoms in total. The number of carbonyl (C=O) groups excluding carboxylic acids is 1. The lowest BCUT2D eigenvalue weighted by Gasteiger charge is -2.19. The Bertz CT molecular complexity index is 238. The number of hydrogen-bond acceptors (Lipinski definition) is 2. The molecule has 0 bridgehead atoms. The molecule has 0 spiro atoms. The van der Waals surface area contributed by atoms with E-state index in [9.17, 15) is 4.79 Å². The van der Waals surface area contributed by atoms with Gasteiger partial charge in [-0.15, -0.1) is 5.54 Å². The van der Waals surface area contributed by atoms with Gasteiger partial charge in [-0.05, 0) is 25.1 Å². The van der Waals surface area contributed by atoms with Crippen LogP contribution in [0.4, 0.5) is 0 Å². The summed E-state index contributed by atoms with van der Waals surface area (Å²) in [5.74, 6) is 2.80. The number of esters is 1. The van der Waals surface area contributed by atoms with Crippen molar-refractivity contribution in [3.63, 3.8) is 0 Å². The molecule has 0 aliphatic rings. The van der Waals surface area contributed by atoms with Gasteiger partial charge < -0.3 is 4.74 Å². The monoisotopic (exact) mass is 226 g/mol. The fraction of sp³-hybridized carbons (Fsp3) is 0.750. The fourth-order valence-electron chi connectivity index (χ4n) is 1.53. The van der Waals surface area contributed by atoms with E-state index in [4.69, 9.17) is 4.74 Å². The van der Waals surface area contributed by atoms with E-state index < -0.39 is 8.07 Å². The predicted octanol–water partition coefficient (Wildman–Crippen LogP) is 2.99. The lowest BCUT2D eigenvalue weighted by Crippen LogP contribution is -2.29. The van der Waals surface area contributed by atoms with Gasteiger partial charge in [0.05, 0.1) is 6.61 Å². The molecule has 3 heteroatoms. The Kier molecular flexibility index (Phi) is 7.15. The van der Waals surface area contributed by atoms with Crippen LogP contribution >= 0.6 is 0 Å². The average molecular weight is 226 g/mol. The molecule has 15 heavy (non-hydrogen) atoms. The second kappa shape index (κ2) is 7.53. The molecule has 86 valence electrons. The third kappa shape index (κ3) is 5.03. The van der Waals surface area contributed by atoms with Gasteiger partial charge in [-0.2, -0.15) is 0 Å². The summed E-state index contributed by atoms with van der Waals surface area (Å²) in [4.78, 5) is 11.1. The quantitative estimate of drug-likeness (QED) is 0.409. The van der Waals surface area contributed by atoms with Gasteiger partial charge in [0.15, 0.2) is 0 Å². The zero-order valence-corrected chi connectivity index (χ0v) is 11.4. The molecule has 0 N–H and O–H groups in total. The number of carbonyl (C=O) groups is 1. The van der Waals surface area contributed by atoms with Crippen LogP contribution in [0.25, 0.3) is 0 Å². The molecule has 0 radical (unpaired) electrons. The van der Waals surface area contributed by atoms with Crippen LogP contribution in [0.1, 0.15) is 34.1 Å². The normalized spacial score (nSPS) is 10.4. The highest BCUT2D eigenvalue weighted by Crippen LogP contribution is 2.18. The maximum atomic E-state index is 11.1. The van der Waals surface area contributed by atoms with Gasteiger partial charge >= 0.3 is 5.97 Å². The number of hydrogen-bond donors (Lipinski definition) is 0. The summed E-state index contributed by atoms with van der Waals surface area (Å²) < 4.78 is 4.83. The molecule has 0 fully saturated rings. The van der Waals surface area contributed by atoms with Crippen molar-refractivity contribution in [1.29, 1.82) is 0 Å². The van der Waals surface area contributed by atoms with E-state index in [0.29, 0.717) is 6.61 Å². The average Bonchev–Trinajstić information content (AvgIpc) is 2.25. The van der Waals surface area contributed by atoms with Crippen LogP contribution in [0.2, 0.25) is 18.1 Å². The molecule has 0 aromatic heterocycles. The van der Waals surface area contributed by atoms with E-state index in [-0.39, 0.29) is 12.4 Å². The fourth-order valence-corrected chi connectivity index (χ4v) is 4.02. The van der Waals surface area contributed by atoms with E-state index in [0.717, 1.165) is 0 Å². The highest BCUT2D eigenvalue weighted by Gasteiger charge is 2.23. The summed E-state index contributed by atoms with van der Waals surface area (Å²) in [5.41, 5.74) is 3.36. The Morgan fingerprint density at radius 2 is 1.67 bits per heavy atom. The van der Waals surface area contributed by atoms with Crippen molar-refractivity contribution in [2.24, 2.45) is 0 Å². The molecule has 0 saturated heterocycles. The smallest absolute Gasteiger partial charge is 0.317 e. The Labute approximate surface area is 94.4 Å². The Morgan fingerprint density at radius 1 is 1.13 bits per heavy atom. The van der Waals surface area contributed by atoms with Crippen molar-refractivity contribution < 1.29 is 9.53 Å². The second-order valence-electron chi connectivity index (χ2n) is 3.62. The van der Waals surface area contributed by atoms with E-state index in [1.54, 1.807) is 0 Å². The molecule has 0 amide bonds. The standard InChI is InChI=1S/C12H22O2Si/c1-5-14-12(13)10-9-11-15(6-2,7-3)8-4/h5-8,10H2,1-4H3. The second-order valence-corrected chi connectivity index (χ2v) is 8.56. The zero-order valence-electron chi connectivity index (χ0n) is 10.4. The van der Waals surface area contributed by atoms with Crippen LogP contribution in [0.3, 0.4) is 0 Å². The summed E-state index contributed by atoms with van der Waals surface area (Å²) in [7, 11) is -1.38. The minimum atomic E-state index is -1.38. The minimum Gasteiger partial charge on any atom is -0.465 e. The van der Waals surface area contributed by atoms with Crippen LogP contribution < -0.4 is 0 Å². The molecular formula is C12H22O2Si. The van der Waals surface area contributed by atoms with E-state index >= 15 is 0 Å². The first-order chi connectivity index (χ1) is 7.14. The van der Waals surface area contributed by atoms with Crippen molar-refractivity contribution in [1.82, 2.24) is 0 Å². The molecular weight excluding hydrogens is 204 g/mol. The zero-order chi connectivity index (χ0) is 11.7. The van der Waals surface area contributed by atoms with Crippen molar-refractivity contribution in [3.05, 3.63) is 0 Å². The van der Waals surface area contributed by atoms with Crippen LogP contribution in [0.5, 0.6) is 0 Å². The maximum absolute atomic E-state index is 11.1. The van der Waals surface area contributed by atoms with Crippen molar-refractivity contribution >= 4 is 14.0 Å². The number of ether oxygens (including phenoxy) is 1. The van der Waals surface area contributed by atoms with Gasteiger partial charge in [0.1, 0.15) is 14.5 Å². The molecule has 0 aromatic rings. The summed E-state index contributed by atoms with van der Waals surface area (Å²) in [6, 6.07) is 3.53.